The van der Waals surface area contributed by atoms with Crippen LogP contribution in [-0.4, -0.2) is 17.7 Å². The van der Waals surface area contributed by atoms with Gasteiger partial charge in [-0.05, 0) is 42.0 Å². The van der Waals surface area contributed by atoms with Crippen molar-refractivity contribution < 1.29 is 14.6 Å². The number of benzene rings is 2. The van der Waals surface area contributed by atoms with Crippen molar-refractivity contribution in [3.05, 3.63) is 65.7 Å². The minimum Gasteiger partial charge on any atom is -0.493 e. The predicted octanol–water partition coefficient (Wildman–Crippen LogP) is 3.39. The smallest absolute Gasteiger partial charge is 0.325 e. The molecule has 2 aromatic carbocycles. The fourth-order valence-corrected chi connectivity index (χ4v) is 2.42. The van der Waals surface area contributed by atoms with Gasteiger partial charge in [-0.15, -0.1) is 0 Å². The van der Waals surface area contributed by atoms with E-state index in [-0.39, 0.29) is 0 Å². The van der Waals surface area contributed by atoms with Crippen LogP contribution in [0.5, 0.6) is 5.75 Å². The molecule has 3 rings (SSSR count). The van der Waals surface area contributed by atoms with E-state index in [2.05, 4.69) is 5.32 Å². The molecule has 2 aromatic rings. The third-order valence-corrected chi connectivity index (χ3v) is 4.00. The molecule has 1 aliphatic carbocycles. The first-order valence-corrected chi connectivity index (χ1v) is 7.95. The second-order valence-corrected chi connectivity index (χ2v) is 5.96. The summed E-state index contributed by atoms with van der Waals surface area (Å²) in [6, 6.07) is 16.3. The van der Waals surface area contributed by atoms with Crippen LogP contribution in [0.25, 0.3) is 0 Å². The van der Waals surface area contributed by atoms with Crippen molar-refractivity contribution in [2.45, 2.75) is 25.4 Å². The highest BCUT2D eigenvalue weighted by Gasteiger charge is 2.22. The Morgan fingerprint density at radius 1 is 1.13 bits per heavy atom. The van der Waals surface area contributed by atoms with Crippen LogP contribution >= 0.6 is 0 Å². The molecule has 23 heavy (non-hydrogen) atoms. The number of nitrogens with one attached hydrogen (secondary N) is 1. The molecule has 4 nitrogen and oxygen atoms in total. The minimum atomic E-state index is -0.874. The summed E-state index contributed by atoms with van der Waals surface area (Å²) in [6.45, 7) is 1.29. The molecule has 1 saturated carbocycles. The Morgan fingerprint density at radius 2 is 1.83 bits per heavy atom. The van der Waals surface area contributed by atoms with Gasteiger partial charge in [0.15, 0.2) is 0 Å². The Labute approximate surface area is 136 Å². The fraction of sp³-hybridized carbons (Fsp3) is 0.316. The van der Waals surface area contributed by atoms with Gasteiger partial charge in [-0.1, -0.05) is 42.5 Å². The largest absolute Gasteiger partial charge is 0.493 e. The quantitative estimate of drug-likeness (QED) is 0.784. The van der Waals surface area contributed by atoms with Gasteiger partial charge < -0.3 is 9.84 Å². The van der Waals surface area contributed by atoms with Crippen molar-refractivity contribution in [3.8, 4) is 5.75 Å². The first kappa shape index (κ1) is 15.6. The fourth-order valence-electron chi connectivity index (χ4n) is 2.42. The monoisotopic (exact) mass is 311 g/mol. The lowest BCUT2D eigenvalue weighted by Crippen LogP contribution is -2.28. The number of carboxylic acids is 1. The van der Waals surface area contributed by atoms with E-state index in [4.69, 9.17) is 4.74 Å². The maximum atomic E-state index is 11.4. The number of carbonyl (C=O) groups is 1. The molecule has 0 heterocycles. The van der Waals surface area contributed by atoms with Crippen molar-refractivity contribution in [1.29, 1.82) is 0 Å². The van der Waals surface area contributed by atoms with Crippen LogP contribution in [-0.2, 0) is 11.3 Å². The Balaban J connectivity index is 1.56. The molecule has 0 amide bonds. The number of hydrogen-bond acceptors (Lipinski definition) is 3. The van der Waals surface area contributed by atoms with Crippen LogP contribution in [0, 0.1) is 5.92 Å². The zero-order valence-corrected chi connectivity index (χ0v) is 12.9. The van der Waals surface area contributed by atoms with Gasteiger partial charge in [-0.25, -0.2) is 0 Å². The Morgan fingerprint density at radius 3 is 2.43 bits per heavy atom. The summed E-state index contributed by atoms with van der Waals surface area (Å²) in [4.78, 5) is 11.4. The summed E-state index contributed by atoms with van der Waals surface area (Å²) >= 11 is 0. The van der Waals surface area contributed by atoms with Crippen LogP contribution in [0.2, 0.25) is 0 Å². The normalized spacial score (nSPS) is 15.1. The van der Waals surface area contributed by atoms with E-state index in [1.54, 1.807) is 0 Å². The molecule has 0 spiro atoms. The zero-order valence-electron chi connectivity index (χ0n) is 12.9. The Hall–Kier alpha value is -2.33. The van der Waals surface area contributed by atoms with E-state index in [0.29, 0.717) is 6.54 Å². The molecule has 1 aliphatic rings. The summed E-state index contributed by atoms with van der Waals surface area (Å²) in [5.41, 5.74) is 1.79. The molecule has 0 radical (unpaired) electrons. The van der Waals surface area contributed by atoms with Gasteiger partial charge in [0.2, 0.25) is 0 Å². The van der Waals surface area contributed by atoms with E-state index in [9.17, 15) is 9.90 Å². The van der Waals surface area contributed by atoms with Crippen LogP contribution < -0.4 is 10.1 Å². The van der Waals surface area contributed by atoms with Gasteiger partial charge in [0, 0.05) is 6.54 Å². The zero-order chi connectivity index (χ0) is 16.1. The molecule has 0 aliphatic heterocycles. The standard InChI is InChI=1S/C19H21NO3/c21-19(22)18(16-4-2-1-3-5-16)20-12-14-8-10-17(11-9-14)23-13-15-6-7-15/h1-5,8-11,15,18,20H,6-7,12-13H2,(H,21,22)/t18-/m1/s1. The van der Waals surface area contributed by atoms with Crippen molar-refractivity contribution >= 4 is 5.97 Å². The van der Waals surface area contributed by atoms with Crippen molar-refractivity contribution in [3.63, 3.8) is 0 Å². The Kier molecular flexibility index (Phi) is 4.93. The third kappa shape index (κ3) is 4.57. The molecular formula is C19H21NO3. The summed E-state index contributed by atoms with van der Waals surface area (Å²) < 4.78 is 5.70. The molecular weight excluding hydrogens is 290 g/mol. The SMILES string of the molecule is O=C(O)[C@H](NCc1ccc(OCC2CC2)cc1)c1ccccc1. The lowest BCUT2D eigenvalue weighted by atomic mass is 10.1. The molecule has 0 saturated heterocycles. The van der Waals surface area contributed by atoms with Gasteiger partial charge in [-0.2, -0.15) is 0 Å². The molecule has 0 aromatic heterocycles. The maximum Gasteiger partial charge on any atom is 0.325 e. The second-order valence-electron chi connectivity index (χ2n) is 5.96. The maximum absolute atomic E-state index is 11.4. The number of ether oxygens (including phenoxy) is 1. The summed E-state index contributed by atoms with van der Waals surface area (Å²) in [7, 11) is 0. The van der Waals surface area contributed by atoms with E-state index in [1.807, 2.05) is 54.6 Å². The number of hydrogen-bond donors (Lipinski definition) is 2. The highest BCUT2D eigenvalue weighted by atomic mass is 16.5. The van der Waals surface area contributed by atoms with Gasteiger partial charge in [0.05, 0.1) is 6.61 Å². The van der Waals surface area contributed by atoms with Gasteiger partial charge in [-0.3, -0.25) is 10.1 Å². The summed E-state index contributed by atoms with van der Waals surface area (Å²) in [5, 5.41) is 12.5. The molecule has 0 unspecified atom stereocenters. The highest BCUT2D eigenvalue weighted by Crippen LogP contribution is 2.29. The van der Waals surface area contributed by atoms with Crippen LogP contribution in [0.1, 0.15) is 30.0 Å². The minimum absolute atomic E-state index is 0.495. The molecule has 1 atom stereocenters. The van der Waals surface area contributed by atoms with Crippen molar-refractivity contribution in [2.24, 2.45) is 5.92 Å². The van der Waals surface area contributed by atoms with E-state index in [0.717, 1.165) is 29.4 Å². The molecule has 1 fully saturated rings. The van der Waals surface area contributed by atoms with Gasteiger partial charge in [0.1, 0.15) is 11.8 Å². The van der Waals surface area contributed by atoms with Crippen LogP contribution in [0.3, 0.4) is 0 Å². The lowest BCUT2D eigenvalue weighted by molar-refractivity contribution is -0.139. The number of rotatable bonds is 8. The van der Waals surface area contributed by atoms with Crippen molar-refractivity contribution in [2.75, 3.05) is 6.61 Å². The van der Waals surface area contributed by atoms with Gasteiger partial charge >= 0.3 is 5.97 Å². The number of aliphatic carboxylic acids is 1. The summed E-state index contributed by atoms with van der Waals surface area (Å²) in [5.74, 6) is 0.734. The van der Waals surface area contributed by atoms with Crippen LogP contribution in [0.15, 0.2) is 54.6 Å². The predicted molar refractivity (Wildman–Crippen MR) is 88.3 cm³/mol. The Bertz CT molecular complexity index is 635. The van der Waals surface area contributed by atoms with Crippen LogP contribution in [0.4, 0.5) is 0 Å². The average molecular weight is 311 g/mol. The van der Waals surface area contributed by atoms with Gasteiger partial charge in [0.25, 0.3) is 0 Å². The highest BCUT2D eigenvalue weighted by molar-refractivity contribution is 5.75. The lowest BCUT2D eigenvalue weighted by Gasteiger charge is -2.15. The number of carboxylic acid groups (broad SMARTS) is 1. The van der Waals surface area contributed by atoms with E-state index in [1.165, 1.54) is 12.8 Å². The molecule has 0 bridgehead atoms. The average Bonchev–Trinajstić information content (AvgIpc) is 3.39. The molecule has 4 heteroatoms. The van der Waals surface area contributed by atoms with E-state index < -0.39 is 12.0 Å². The van der Waals surface area contributed by atoms with E-state index >= 15 is 0 Å². The topological polar surface area (TPSA) is 58.6 Å². The van der Waals surface area contributed by atoms with Crippen molar-refractivity contribution in [1.82, 2.24) is 5.32 Å². The summed E-state index contributed by atoms with van der Waals surface area (Å²) in [6.07, 6.45) is 2.55. The third-order valence-electron chi connectivity index (χ3n) is 4.00. The molecule has 120 valence electrons. The second kappa shape index (κ2) is 7.29. The molecule has 2 N–H and O–H groups in total. The first-order chi connectivity index (χ1) is 11.2. The first-order valence-electron chi connectivity index (χ1n) is 7.95.